The summed E-state index contributed by atoms with van der Waals surface area (Å²) in [5.41, 5.74) is 3.24. The van der Waals surface area contributed by atoms with Gasteiger partial charge in [-0.25, -0.2) is 5.43 Å². The summed E-state index contributed by atoms with van der Waals surface area (Å²) in [6, 6.07) is 9.52. The fourth-order valence-electron chi connectivity index (χ4n) is 2.24. The third-order valence-corrected chi connectivity index (χ3v) is 3.99. The van der Waals surface area contributed by atoms with Crippen LogP contribution in [0.15, 0.2) is 46.0 Å². The molecule has 8 nitrogen and oxygen atoms in total. The van der Waals surface area contributed by atoms with Crippen molar-refractivity contribution in [1.82, 2.24) is 5.43 Å². The van der Waals surface area contributed by atoms with Gasteiger partial charge in [0.25, 0.3) is 5.69 Å². The van der Waals surface area contributed by atoms with Crippen molar-refractivity contribution in [3.8, 4) is 11.5 Å². The highest BCUT2D eigenvalue weighted by Crippen LogP contribution is 2.35. The summed E-state index contributed by atoms with van der Waals surface area (Å²) in [6.07, 6.45) is 1.29. The Morgan fingerprint density at radius 3 is 2.69 bits per heavy atom. The van der Waals surface area contributed by atoms with Gasteiger partial charge in [-0.15, -0.1) is 0 Å². The quantitative estimate of drug-likeness (QED) is 0.420. The molecule has 0 fully saturated rings. The second-order valence-electron chi connectivity index (χ2n) is 5.09. The topological polar surface area (TPSA) is 103 Å². The summed E-state index contributed by atoms with van der Waals surface area (Å²) >= 11 is 3.37. The molecule has 2 aromatic carbocycles. The molecule has 0 heterocycles. The van der Waals surface area contributed by atoms with Gasteiger partial charge in [0, 0.05) is 11.6 Å². The first kappa shape index (κ1) is 19.4. The molecule has 136 valence electrons. The maximum Gasteiger partial charge on any atom is 0.273 e. The smallest absolute Gasteiger partial charge is 0.273 e. The highest BCUT2D eigenvalue weighted by atomic mass is 79.9. The second-order valence-corrected chi connectivity index (χ2v) is 5.95. The van der Waals surface area contributed by atoms with E-state index in [0.29, 0.717) is 27.1 Å². The van der Waals surface area contributed by atoms with Crippen molar-refractivity contribution in [2.45, 2.75) is 6.42 Å². The molecule has 0 aromatic heterocycles. The number of nitro benzene ring substituents is 1. The number of nitrogens with one attached hydrogen (secondary N) is 1. The number of hydrogen-bond donors (Lipinski definition) is 1. The molecule has 0 unspecified atom stereocenters. The lowest BCUT2D eigenvalue weighted by atomic mass is 10.1. The Balaban J connectivity index is 2.06. The lowest BCUT2D eigenvalue weighted by Gasteiger charge is -2.10. The van der Waals surface area contributed by atoms with Gasteiger partial charge in [-0.3, -0.25) is 14.9 Å². The maximum atomic E-state index is 12.0. The largest absolute Gasteiger partial charge is 0.493 e. The van der Waals surface area contributed by atoms with E-state index in [-0.39, 0.29) is 12.1 Å². The molecule has 0 saturated carbocycles. The molecule has 1 amide bonds. The molecular formula is C17H16BrN3O5. The third-order valence-electron chi connectivity index (χ3n) is 3.40. The van der Waals surface area contributed by atoms with Gasteiger partial charge in [0.15, 0.2) is 11.5 Å². The second kappa shape index (κ2) is 8.95. The Morgan fingerprint density at radius 2 is 2.04 bits per heavy atom. The zero-order chi connectivity index (χ0) is 19.1. The monoisotopic (exact) mass is 421 g/mol. The van der Waals surface area contributed by atoms with Crippen LogP contribution < -0.4 is 14.9 Å². The maximum absolute atomic E-state index is 12.0. The van der Waals surface area contributed by atoms with E-state index in [2.05, 4.69) is 26.5 Å². The van der Waals surface area contributed by atoms with Crippen LogP contribution >= 0.6 is 15.9 Å². The molecule has 1 N–H and O–H groups in total. The minimum Gasteiger partial charge on any atom is -0.493 e. The number of amides is 1. The Morgan fingerprint density at radius 1 is 1.31 bits per heavy atom. The Hall–Kier alpha value is -2.94. The van der Waals surface area contributed by atoms with Crippen LogP contribution in [0, 0.1) is 10.1 Å². The molecule has 2 aromatic rings. The van der Waals surface area contributed by atoms with Crippen LogP contribution in [-0.4, -0.2) is 31.3 Å². The number of benzene rings is 2. The lowest BCUT2D eigenvalue weighted by molar-refractivity contribution is -0.385. The Kier molecular flexibility index (Phi) is 6.67. The van der Waals surface area contributed by atoms with Crippen molar-refractivity contribution in [2.75, 3.05) is 14.2 Å². The number of nitro groups is 1. The van der Waals surface area contributed by atoms with Gasteiger partial charge < -0.3 is 9.47 Å². The van der Waals surface area contributed by atoms with E-state index in [1.54, 1.807) is 24.3 Å². The molecule has 0 aliphatic heterocycles. The van der Waals surface area contributed by atoms with Gasteiger partial charge in [-0.05, 0) is 33.6 Å². The summed E-state index contributed by atoms with van der Waals surface area (Å²) in [4.78, 5) is 22.4. The van der Waals surface area contributed by atoms with Crippen molar-refractivity contribution in [2.24, 2.45) is 5.10 Å². The SMILES string of the molecule is COc1cc(/C=N\NC(=O)Cc2ccccc2[N+](=O)[O-])cc(Br)c1OC. The third kappa shape index (κ3) is 4.79. The number of hydrogen-bond acceptors (Lipinski definition) is 6. The highest BCUT2D eigenvalue weighted by molar-refractivity contribution is 9.10. The van der Waals surface area contributed by atoms with E-state index >= 15 is 0 Å². The van der Waals surface area contributed by atoms with Crippen LogP contribution in [0.2, 0.25) is 0 Å². The van der Waals surface area contributed by atoms with E-state index in [1.807, 2.05) is 0 Å². The number of methoxy groups -OCH3 is 2. The predicted molar refractivity (Wildman–Crippen MR) is 99.8 cm³/mol. The molecular weight excluding hydrogens is 406 g/mol. The van der Waals surface area contributed by atoms with Crippen molar-refractivity contribution in [1.29, 1.82) is 0 Å². The van der Waals surface area contributed by atoms with E-state index in [9.17, 15) is 14.9 Å². The lowest BCUT2D eigenvalue weighted by Crippen LogP contribution is -2.20. The van der Waals surface area contributed by atoms with Crippen molar-refractivity contribution in [3.05, 3.63) is 62.1 Å². The Labute approximate surface area is 158 Å². The van der Waals surface area contributed by atoms with E-state index in [1.165, 1.54) is 32.6 Å². The van der Waals surface area contributed by atoms with Gasteiger partial charge in [0.2, 0.25) is 5.91 Å². The van der Waals surface area contributed by atoms with Gasteiger partial charge in [0.1, 0.15) is 0 Å². The average Bonchev–Trinajstić information content (AvgIpc) is 2.61. The van der Waals surface area contributed by atoms with Crippen molar-refractivity contribution < 1.29 is 19.2 Å². The number of nitrogens with zero attached hydrogens (tertiary/aromatic N) is 2. The molecule has 26 heavy (non-hydrogen) atoms. The number of hydrazone groups is 1. The Bertz CT molecular complexity index is 854. The van der Waals surface area contributed by atoms with E-state index in [0.717, 1.165) is 0 Å². The van der Waals surface area contributed by atoms with Gasteiger partial charge >= 0.3 is 0 Å². The number of para-hydroxylation sites is 1. The number of carbonyl (C=O) groups is 1. The van der Waals surface area contributed by atoms with Crippen LogP contribution in [0.1, 0.15) is 11.1 Å². The molecule has 0 atom stereocenters. The van der Waals surface area contributed by atoms with Gasteiger partial charge in [0.05, 0.1) is 36.3 Å². The van der Waals surface area contributed by atoms with Gasteiger partial charge in [-0.2, -0.15) is 5.10 Å². The minimum absolute atomic E-state index is 0.101. The van der Waals surface area contributed by atoms with Crippen LogP contribution in [0.5, 0.6) is 11.5 Å². The summed E-state index contributed by atoms with van der Waals surface area (Å²) in [6.45, 7) is 0. The summed E-state index contributed by atoms with van der Waals surface area (Å²) in [7, 11) is 3.04. The van der Waals surface area contributed by atoms with Crippen molar-refractivity contribution >= 4 is 33.7 Å². The zero-order valence-corrected chi connectivity index (χ0v) is 15.6. The number of ether oxygens (including phenoxy) is 2. The highest BCUT2D eigenvalue weighted by Gasteiger charge is 2.15. The summed E-state index contributed by atoms with van der Waals surface area (Å²) in [5.74, 6) is 0.592. The van der Waals surface area contributed by atoms with E-state index in [4.69, 9.17) is 9.47 Å². The van der Waals surface area contributed by atoms with Crippen LogP contribution in [-0.2, 0) is 11.2 Å². The van der Waals surface area contributed by atoms with Crippen LogP contribution in [0.3, 0.4) is 0 Å². The fraction of sp³-hybridized carbons (Fsp3) is 0.176. The molecule has 0 spiro atoms. The van der Waals surface area contributed by atoms with E-state index < -0.39 is 10.8 Å². The molecule has 0 radical (unpaired) electrons. The standard InChI is InChI=1S/C17H16BrN3O5/c1-25-15-8-11(7-13(18)17(15)26-2)10-19-20-16(22)9-12-5-3-4-6-14(12)21(23)24/h3-8,10H,9H2,1-2H3,(H,20,22)/b19-10-. The number of carbonyl (C=O) groups excluding carboxylic acids is 1. The first-order valence-corrected chi connectivity index (χ1v) is 8.21. The molecule has 9 heteroatoms. The molecule has 0 bridgehead atoms. The summed E-state index contributed by atoms with van der Waals surface area (Å²) in [5, 5.41) is 14.8. The zero-order valence-electron chi connectivity index (χ0n) is 14.1. The predicted octanol–water partition coefficient (Wildman–Crippen LogP) is 3.07. The molecule has 0 saturated heterocycles. The van der Waals surface area contributed by atoms with Crippen LogP contribution in [0.4, 0.5) is 5.69 Å². The fourth-order valence-corrected chi connectivity index (χ4v) is 2.86. The summed E-state index contributed by atoms with van der Waals surface area (Å²) < 4.78 is 11.1. The molecule has 0 aliphatic carbocycles. The average molecular weight is 422 g/mol. The number of rotatable bonds is 7. The number of halogens is 1. The van der Waals surface area contributed by atoms with Gasteiger partial charge in [-0.1, -0.05) is 18.2 Å². The minimum atomic E-state index is -0.521. The van der Waals surface area contributed by atoms with Crippen molar-refractivity contribution in [3.63, 3.8) is 0 Å². The first-order valence-electron chi connectivity index (χ1n) is 7.42. The molecule has 2 rings (SSSR count). The molecule has 0 aliphatic rings. The van der Waals surface area contributed by atoms with Crippen LogP contribution in [0.25, 0.3) is 0 Å². The first-order chi connectivity index (χ1) is 12.5. The normalized spacial score (nSPS) is 10.6.